The zero-order valence-corrected chi connectivity index (χ0v) is 9.95. The highest BCUT2D eigenvalue weighted by Gasteiger charge is 2.22. The first-order chi connectivity index (χ1) is 7.65. The fraction of sp³-hybridized carbons (Fsp3) is 0.500. The maximum atomic E-state index is 11.7. The Morgan fingerprint density at radius 2 is 1.94 bits per heavy atom. The van der Waals surface area contributed by atoms with E-state index in [4.69, 9.17) is 4.74 Å². The lowest BCUT2D eigenvalue weighted by Crippen LogP contribution is -2.29. The number of Topliss-reactive ketones (excluding diaryl/α,β-unsaturated/α-hetero) is 1. The van der Waals surface area contributed by atoms with Gasteiger partial charge in [0.05, 0.1) is 13.2 Å². The molecule has 1 fully saturated rings. The molecule has 86 valence electrons. The van der Waals surface area contributed by atoms with Gasteiger partial charge in [-0.2, -0.15) is 0 Å². The summed E-state index contributed by atoms with van der Waals surface area (Å²) < 4.78 is 5.36. The number of hydrogen-bond donors (Lipinski definition) is 0. The Morgan fingerprint density at radius 1 is 1.25 bits per heavy atom. The largest absolute Gasteiger partial charge is 0.380 e. The van der Waals surface area contributed by atoms with Crippen LogP contribution < -0.4 is 0 Å². The number of rotatable bonds is 2. The maximum Gasteiger partial charge on any atom is 0.140 e. The Labute approximate surface area is 96.6 Å². The lowest BCUT2D eigenvalue weighted by molar-refractivity contribution is -0.130. The van der Waals surface area contributed by atoms with Crippen molar-refractivity contribution in [3.63, 3.8) is 0 Å². The third kappa shape index (κ3) is 2.70. The molecular formula is C14H18O2. The minimum Gasteiger partial charge on any atom is -0.380 e. The Morgan fingerprint density at radius 3 is 2.56 bits per heavy atom. The Balaban J connectivity index is 2.10. The molecule has 0 spiro atoms. The SMILES string of the molecule is Cc1cc(C)cc(CC2COCCC2=O)c1. The van der Waals surface area contributed by atoms with E-state index in [0.717, 1.165) is 6.42 Å². The van der Waals surface area contributed by atoms with Crippen LogP contribution in [0.15, 0.2) is 18.2 Å². The quantitative estimate of drug-likeness (QED) is 0.762. The molecule has 1 unspecified atom stereocenters. The topological polar surface area (TPSA) is 26.3 Å². The fourth-order valence-corrected chi connectivity index (χ4v) is 2.34. The number of carbonyl (C=O) groups is 1. The average molecular weight is 218 g/mol. The van der Waals surface area contributed by atoms with E-state index in [2.05, 4.69) is 32.0 Å². The van der Waals surface area contributed by atoms with E-state index in [9.17, 15) is 4.79 Å². The van der Waals surface area contributed by atoms with Crippen molar-refractivity contribution in [1.29, 1.82) is 0 Å². The van der Waals surface area contributed by atoms with Crippen molar-refractivity contribution in [3.8, 4) is 0 Å². The summed E-state index contributed by atoms with van der Waals surface area (Å²) in [6.45, 7) is 5.37. The molecule has 0 amide bonds. The second-order valence-electron chi connectivity index (χ2n) is 4.69. The van der Waals surface area contributed by atoms with Gasteiger partial charge in [-0.1, -0.05) is 29.3 Å². The Hall–Kier alpha value is -1.15. The van der Waals surface area contributed by atoms with Gasteiger partial charge in [-0.25, -0.2) is 0 Å². The van der Waals surface area contributed by atoms with Gasteiger partial charge >= 0.3 is 0 Å². The van der Waals surface area contributed by atoms with Crippen molar-refractivity contribution in [2.45, 2.75) is 26.7 Å². The van der Waals surface area contributed by atoms with Gasteiger partial charge < -0.3 is 4.74 Å². The molecule has 0 bridgehead atoms. The van der Waals surface area contributed by atoms with Crippen LogP contribution in [-0.4, -0.2) is 19.0 Å². The third-order valence-corrected chi connectivity index (χ3v) is 3.03. The molecule has 0 saturated carbocycles. The molecule has 16 heavy (non-hydrogen) atoms. The number of ketones is 1. The highest BCUT2D eigenvalue weighted by atomic mass is 16.5. The van der Waals surface area contributed by atoms with Crippen molar-refractivity contribution in [2.75, 3.05) is 13.2 Å². The van der Waals surface area contributed by atoms with Crippen LogP contribution in [0.1, 0.15) is 23.1 Å². The van der Waals surface area contributed by atoms with Gasteiger partial charge in [0.1, 0.15) is 5.78 Å². The summed E-state index contributed by atoms with van der Waals surface area (Å²) in [5.74, 6) is 0.417. The second-order valence-corrected chi connectivity index (χ2v) is 4.69. The van der Waals surface area contributed by atoms with Gasteiger partial charge in [-0.3, -0.25) is 4.79 Å². The normalized spacial score (nSPS) is 21.1. The molecule has 2 nitrogen and oxygen atoms in total. The number of benzene rings is 1. The first-order valence-electron chi connectivity index (χ1n) is 5.83. The van der Waals surface area contributed by atoms with Crippen molar-refractivity contribution < 1.29 is 9.53 Å². The van der Waals surface area contributed by atoms with Crippen LogP contribution in [0.5, 0.6) is 0 Å². The smallest absolute Gasteiger partial charge is 0.140 e. The van der Waals surface area contributed by atoms with Crippen LogP contribution in [0.3, 0.4) is 0 Å². The fourth-order valence-electron chi connectivity index (χ4n) is 2.34. The summed E-state index contributed by atoms with van der Waals surface area (Å²) in [7, 11) is 0. The molecule has 1 aromatic rings. The predicted octanol–water partition coefficient (Wildman–Crippen LogP) is 2.45. The van der Waals surface area contributed by atoms with E-state index in [1.807, 2.05) is 0 Å². The second kappa shape index (κ2) is 4.79. The molecule has 2 heteroatoms. The molecule has 1 heterocycles. The average Bonchev–Trinajstić information content (AvgIpc) is 2.20. The maximum absolute atomic E-state index is 11.7. The molecule has 1 aliphatic rings. The standard InChI is InChI=1S/C14H18O2/c1-10-5-11(2)7-12(6-10)8-13-9-16-4-3-14(13)15/h5-7,13H,3-4,8-9H2,1-2H3. The van der Waals surface area contributed by atoms with Crippen LogP contribution >= 0.6 is 0 Å². The van der Waals surface area contributed by atoms with Crippen molar-refractivity contribution in [2.24, 2.45) is 5.92 Å². The number of hydrogen-bond acceptors (Lipinski definition) is 2. The summed E-state index contributed by atoms with van der Waals surface area (Å²) in [5.41, 5.74) is 3.78. The van der Waals surface area contributed by atoms with Gasteiger partial charge in [-0.05, 0) is 25.8 Å². The monoisotopic (exact) mass is 218 g/mol. The zero-order chi connectivity index (χ0) is 11.5. The number of carbonyl (C=O) groups excluding carboxylic acids is 1. The highest BCUT2D eigenvalue weighted by Crippen LogP contribution is 2.18. The van der Waals surface area contributed by atoms with Crippen LogP contribution in [0, 0.1) is 19.8 Å². The first kappa shape index (κ1) is 11.3. The highest BCUT2D eigenvalue weighted by molar-refractivity contribution is 5.82. The predicted molar refractivity (Wildman–Crippen MR) is 63.6 cm³/mol. The van der Waals surface area contributed by atoms with E-state index in [1.54, 1.807) is 0 Å². The van der Waals surface area contributed by atoms with Crippen LogP contribution in [0.2, 0.25) is 0 Å². The summed E-state index contributed by atoms with van der Waals surface area (Å²) in [6, 6.07) is 6.48. The third-order valence-electron chi connectivity index (χ3n) is 3.03. The van der Waals surface area contributed by atoms with E-state index in [1.165, 1.54) is 16.7 Å². The number of ether oxygens (including phenoxy) is 1. The summed E-state index contributed by atoms with van der Waals surface area (Å²) in [4.78, 5) is 11.7. The van der Waals surface area contributed by atoms with Gasteiger partial charge in [0.25, 0.3) is 0 Å². The summed E-state index contributed by atoms with van der Waals surface area (Å²) in [6.07, 6.45) is 1.40. The molecule has 2 rings (SSSR count). The van der Waals surface area contributed by atoms with Gasteiger partial charge in [0.2, 0.25) is 0 Å². The van der Waals surface area contributed by atoms with Gasteiger partial charge in [0, 0.05) is 12.3 Å². The molecule has 0 aliphatic carbocycles. The van der Waals surface area contributed by atoms with E-state index in [-0.39, 0.29) is 5.92 Å². The molecule has 1 aromatic carbocycles. The lowest BCUT2D eigenvalue weighted by atomic mass is 9.91. The van der Waals surface area contributed by atoms with Gasteiger partial charge in [-0.15, -0.1) is 0 Å². The molecule has 0 aromatic heterocycles. The Kier molecular flexibility index (Phi) is 3.39. The van der Waals surface area contributed by atoms with Crippen LogP contribution in [-0.2, 0) is 16.0 Å². The molecule has 1 atom stereocenters. The van der Waals surface area contributed by atoms with Crippen LogP contribution in [0.4, 0.5) is 0 Å². The molecule has 1 aliphatic heterocycles. The molecule has 0 N–H and O–H groups in total. The van der Waals surface area contributed by atoms with E-state index >= 15 is 0 Å². The lowest BCUT2D eigenvalue weighted by Gasteiger charge is -2.21. The zero-order valence-electron chi connectivity index (χ0n) is 9.95. The van der Waals surface area contributed by atoms with Crippen LogP contribution in [0.25, 0.3) is 0 Å². The first-order valence-corrected chi connectivity index (χ1v) is 5.83. The van der Waals surface area contributed by atoms with Crippen molar-refractivity contribution in [3.05, 3.63) is 34.9 Å². The Bertz CT molecular complexity index is 375. The molecular weight excluding hydrogens is 200 g/mol. The summed E-state index contributed by atoms with van der Waals surface area (Å²) >= 11 is 0. The van der Waals surface area contributed by atoms with E-state index < -0.39 is 0 Å². The van der Waals surface area contributed by atoms with Crippen molar-refractivity contribution >= 4 is 5.78 Å². The summed E-state index contributed by atoms with van der Waals surface area (Å²) in [5, 5.41) is 0. The minimum atomic E-state index is 0.0648. The molecule has 0 radical (unpaired) electrons. The number of aryl methyl sites for hydroxylation is 2. The van der Waals surface area contributed by atoms with E-state index in [0.29, 0.717) is 25.4 Å². The molecule has 1 saturated heterocycles. The van der Waals surface area contributed by atoms with Gasteiger partial charge in [0.15, 0.2) is 0 Å². The van der Waals surface area contributed by atoms with Crippen molar-refractivity contribution in [1.82, 2.24) is 0 Å². The minimum absolute atomic E-state index is 0.0648.